The Morgan fingerprint density at radius 3 is 2.75 bits per heavy atom. The molecule has 1 atom stereocenters. The van der Waals surface area contributed by atoms with Gasteiger partial charge in [0.05, 0.1) is 11.9 Å². The molecule has 0 fully saturated rings. The third-order valence-corrected chi connectivity index (χ3v) is 4.14. The summed E-state index contributed by atoms with van der Waals surface area (Å²) in [5, 5.41) is 0. The van der Waals surface area contributed by atoms with E-state index in [2.05, 4.69) is 0 Å². The second kappa shape index (κ2) is 3.73. The van der Waals surface area contributed by atoms with Crippen molar-refractivity contribution in [2.75, 3.05) is 10.6 Å². The van der Waals surface area contributed by atoms with Gasteiger partial charge in [0.25, 0.3) is 0 Å². The number of anilines is 1. The van der Waals surface area contributed by atoms with Crippen molar-refractivity contribution in [1.29, 1.82) is 0 Å². The molecule has 3 nitrogen and oxygen atoms in total. The number of nitrogens with zero attached hydrogens (tertiary/aromatic N) is 1. The minimum atomic E-state index is -3.29. The van der Waals surface area contributed by atoms with Gasteiger partial charge < -0.3 is 0 Å². The van der Waals surface area contributed by atoms with Crippen LogP contribution in [0.2, 0.25) is 0 Å². The van der Waals surface area contributed by atoms with Crippen LogP contribution in [-0.2, 0) is 16.4 Å². The average Bonchev–Trinajstić information content (AvgIpc) is 2.16. The Hall–Kier alpha value is -1.10. The van der Waals surface area contributed by atoms with E-state index >= 15 is 0 Å². The SMILES string of the molecule is C[C@@H]1CCc2cc(F)ccc2N1S(C)(=O)=O. The number of hydrogen-bond donors (Lipinski definition) is 0. The van der Waals surface area contributed by atoms with Crippen LogP contribution < -0.4 is 4.31 Å². The van der Waals surface area contributed by atoms with Crippen LogP contribution in [0.25, 0.3) is 0 Å². The lowest BCUT2D eigenvalue weighted by Gasteiger charge is -2.34. The highest BCUT2D eigenvalue weighted by Gasteiger charge is 2.29. The molecule has 0 saturated carbocycles. The largest absolute Gasteiger partial charge is 0.267 e. The van der Waals surface area contributed by atoms with Crippen LogP contribution in [0.4, 0.5) is 10.1 Å². The Balaban J connectivity index is 2.57. The molecule has 0 N–H and O–H groups in total. The summed E-state index contributed by atoms with van der Waals surface area (Å²) in [6, 6.07) is 4.20. The second-order valence-corrected chi connectivity index (χ2v) is 6.08. The molecule has 1 aromatic carbocycles. The van der Waals surface area contributed by atoms with Gasteiger partial charge in [-0.3, -0.25) is 4.31 Å². The molecule has 88 valence electrons. The van der Waals surface area contributed by atoms with Crippen molar-refractivity contribution < 1.29 is 12.8 Å². The van der Waals surface area contributed by atoms with Gasteiger partial charge >= 0.3 is 0 Å². The fraction of sp³-hybridized carbons (Fsp3) is 0.455. The highest BCUT2D eigenvalue weighted by molar-refractivity contribution is 7.92. The molecule has 1 aliphatic rings. The number of halogens is 1. The van der Waals surface area contributed by atoms with Crippen LogP contribution in [0.3, 0.4) is 0 Å². The fourth-order valence-electron chi connectivity index (χ4n) is 2.19. The number of rotatable bonds is 1. The summed E-state index contributed by atoms with van der Waals surface area (Å²) in [6.45, 7) is 1.87. The van der Waals surface area contributed by atoms with E-state index in [9.17, 15) is 12.8 Å². The highest BCUT2D eigenvalue weighted by atomic mass is 32.2. The van der Waals surface area contributed by atoms with E-state index in [0.717, 1.165) is 18.4 Å². The molecule has 0 unspecified atom stereocenters. The van der Waals surface area contributed by atoms with Crippen LogP contribution >= 0.6 is 0 Å². The first-order valence-corrected chi connectivity index (χ1v) is 7.02. The first kappa shape index (κ1) is 11.4. The average molecular weight is 243 g/mol. The lowest BCUT2D eigenvalue weighted by molar-refractivity contribution is 0.565. The van der Waals surface area contributed by atoms with E-state index in [0.29, 0.717) is 5.69 Å². The van der Waals surface area contributed by atoms with E-state index in [4.69, 9.17) is 0 Å². The number of fused-ring (bicyclic) bond motifs is 1. The Morgan fingerprint density at radius 2 is 2.12 bits per heavy atom. The smallest absolute Gasteiger partial charge is 0.232 e. The van der Waals surface area contributed by atoms with Crippen LogP contribution in [0.1, 0.15) is 18.9 Å². The van der Waals surface area contributed by atoms with Crippen molar-refractivity contribution in [3.05, 3.63) is 29.6 Å². The van der Waals surface area contributed by atoms with Gasteiger partial charge in [-0.05, 0) is 43.5 Å². The van der Waals surface area contributed by atoms with Crippen molar-refractivity contribution in [2.24, 2.45) is 0 Å². The van der Waals surface area contributed by atoms with Crippen molar-refractivity contribution >= 4 is 15.7 Å². The van der Waals surface area contributed by atoms with E-state index in [-0.39, 0.29) is 11.9 Å². The van der Waals surface area contributed by atoms with Gasteiger partial charge in [-0.2, -0.15) is 0 Å². The third-order valence-electron chi connectivity index (χ3n) is 2.87. The molecule has 0 amide bonds. The van der Waals surface area contributed by atoms with Crippen LogP contribution in [-0.4, -0.2) is 20.7 Å². The number of sulfonamides is 1. The van der Waals surface area contributed by atoms with E-state index in [1.807, 2.05) is 6.92 Å². The molecule has 0 aromatic heterocycles. The first-order chi connectivity index (χ1) is 7.39. The molecule has 16 heavy (non-hydrogen) atoms. The molecule has 1 aromatic rings. The molecule has 2 rings (SSSR count). The fourth-order valence-corrected chi connectivity index (χ4v) is 3.49. The minimum Gasteiger partial charge on any atom is -0.267 e. The van der Waals surface area contributed by atoms with Crippen molar-refractivity contribution in [3.63, 3.8) is 0 Å². The Bertz CT molecular complexity index is 513. The van der Waals surface area contributed by atoms with Crippen molar-refractivity contribution in [1.82, 2.24) is 0 Å². The highest BCUT2D eigenvalue weighted by Crippen LogP contribution is 2.32. The Morgan fingerprint density at radius 1 is 1.44 bits per heavy atom. The molecule has 0 aliphatic carbocycles. The maximum absolute atomic E-state index is 13.0. The molecule has 0 spiro atoms. The van der Waals surface area contributed by atoms with Crippen LogP contribution in [0.15, 0.2) is 18.2 Å². The van der Waals surface area contributed by atoms with E-state index in [1.165, 1.54) is 22.7 Å². The van der Waals surface area contributed by atoms with Gasteiger partial charge in [0.15, 0.2) is 0 Å². The van der Waals surface area contributed by atoms with Crippen molar-refractivity contribution in [3.8, 4) is 0 Å². The zero-order chi connectivity index (χ0) is 11.9. The first-order valence-electron chi connectivity index (χ1n) is 5.17. The predicted molar refractivity (Wildman–Crippen MR) is 61.5 cm³/mol. The lowest BCUT2D eigenvalue weighted by atomic mass is 9.99. The predicted octanol–water partition coefficient (Wildman–Crippen LogP) is 1.93. The summed E-state index contributed by atoms with van der Waals surface area (Å²) in [6.07, 6.45) is 2.63. The summed E-state index contributed by atoms with van der Waals surface area (Å²) < 4.78 is 37.8. The number of aryl methyl sites for hydroxylation is 1. The summed E-state index contributed by atoms with van der Waals surface area (Å²) in [5.41, 5.74) is 1.38. The van der Waals surface area contributed by atoms with E-state index < -0.39 is 10.0 Å². The molecular weight excluding hydrogens is 229 g/mol. The van der Waals surface area contributed by atoms with Crippen LogP contribution in [0, 0.1) is 5.82 Å². The molecule has 5 heteroatoms. The molecular formula is C11H14FNO2S. The molecule has 0 bridgehead atoms. The molecule has 0 saturated heterocycles. The van der Waals surface area contributed by atoms with Gasteiger partial charge in [0.1, 0.15) is 5.82 Å². The third kappa shape index (κ3) is 1.91. The molecule has 1 heterocycles. The normalized spacial score (nSPS) is 20.7. The monoisotopic (exact) mass is 243 g/mol. The number of benzene rings is 1. The summed E-state index contributed by atoms with van der Waals surface area (Å²) in [4.78, 5) is 0. The van der Waals surface area contributed by atoms with Gasteiger partial charge in [-0.25, -0.2) is 12.8 Å². The van der Waals surface area contributed by atoms with Crippen molar-refractivity contribution in [2.45, 2.75) is 25.8 Å². The standard InChI is InChI=1S/C11H14FNO2S/c1-8-3-4-9-7-10(12)5-6-11(9)13(8)16(2,14)15/h5-8H,3-4H2,1-2H3/t8-/m1/s1. The minimum absolute atomic E-state index is 0.0621. The van der Waals surface area contributed by atoms with Gasteiger partial charge in [-0.15, -0.1) is 0 Å². The maximum Gasteiger partial charge on any atom is 0.232 e. The summed E-state index contributed by atoms with van der Waals surface area (Å²) >= 11 is 0. The molecule has 1 aliphatic heterocycles. The maximum atomic E-state index is 13.0. The summed E-state index contributed by atoms with van der Waals surface area (Å²) in [7, 11) is -3.29. The zero-order valence-corrected chi connectivity index (χ0v) is 10.1. The summed E-state index contributed by atoms with van der Waals surface area (Å²) in [5.74, 6) is -0.318. The van der Waals surface area contributed by atoms with E-state index in [1.54, 1.807) is 6.07 Å². The topological polar surface area (TPSA) is 37.4 Å². The zero-order valence-electron chi connectivity index (χ0n) is 9.27. The lowest BCUT2D eigenvalue weighted by Crippen LogP contribution is -2.41. The van der Waals surface area contributed by atoms with Gasteiger partial charge in [0, 0.05) is 6.04 Å². The van der Waals surface area contributed by atoms with Crippen LogP contribution in [0.5, 0.6) is 0 Å². The van der Waals surface area contributed by atoms with Gasteiger partial charge in [-0.1, -0.05) is 0 Å². The number of hydrogen-bond acceptors (Lipinski definition) is 2. The second-order valence-electron chi connectivity index (χ2n) is 4.22. The Kier molecular flexibility index (Phi) is 2.66. The Labute approximate surface area is 94.9 Å². The molecule has 0 radical (unpaired) electrons. The quantitative estimate of drug-likeness (QED) is 0.755. The van der Waals surface area contributed by atoms with Gasteiger partial charge in [0.2, 0.25) is 10.0 Å².